The van der Waals surface area contributed by atoms with E-state index in [9.17, 15) is 0 Å². The van der Waals surface area contributed by atoms with Gasteiger partial charge in [-0.25, -0.2) is 4.98 Å². The first-order valence-electron chi connectivity index (χ1n) is 6.26. The lowest BCUT2D eigenvalue weighted by Crippen LogP contribution is -2.33. The molecule has 2 rings (SSSR count). The SMILES string of the molecule is NC(CSc1ncccc1Cl)C1CCCCC1. The summed E-state index contributed by atoms with van der Waals surface area (Å²) in [6, 6.07) is 4.01. The Labute approximate surface area is 112 Å². The summed E-state index contributed by atoms with van der Waals surface area (Å²) in [6.07, 6.45) is 8.42. The number of nitrogens with two attached hydrogens (primary N) is 1. The van der Waals surface area contributed by atoms with Crippen molar-refractivity contribution >= 4 is 23.4 Å². The lowest BCUT2D eigenvalue weighted by molar-refractivity contribution is 0.319. The Balaban J connectivity index is 1.83. The molecule has 1 aliphatic carbocycles. The molecule has 0 radical (unpaired) electrons. The number of hydrogen-bond acceptors (Lipinski definition) is 3. The summed E-state index contributed by atoms with van der Waals surface area (Å²) in [4.78, 5) is 4.27. The summed E-state index contributed by atoms with van der Waals surface area (Å²) in [5.41, 5.74) is 6.25. The smallest absolute Gasteiger partial charge is 0.115 e. The minimum absolute atomic E-state index is 0.276. The van der Waals surface area contributed by atoms with Crippen LogP contribution in [0.15, 0.2) is 23.4 Å². The molecule has 1 atom stereocenters. The standard InChI is InChI=1S/C13H19ClN2S/c14-11-7-4-8-16-13(11)17-9-12(15)10-5-2-1-3-6-10/h4,7-8,10,12H,1-3,5-6,9,15H2. The lowest BCUT2D eigenvalue weighted by Gasteiger charge is -2.27. The van der Waals surface area contributed by atoms with Crippen LogP contribution in [0.5, 0.6) is 0 Å². The second-order valence-corrected chi connectivity index (χ2v) is 6.08. The van der Waals surface area contributed by atoms with Crippen molar-refractivity contribution in [2.75, 3.05) is 5.75 Å². The van der Waals surface area contributed by atoms with Gasteiger partial charge in [0.1, 0.15) is 5.03 Å². The molecule has 1 aromatic rings. The molecule has 17 heavy (non-hydrogen) atoms. The zero-order valence-electron chi connectivity index (χ0n) is 9.94. The Bertz CT molecular complexity index is 353. The van der Waals surface area contributed by atoms with Crippen LogP contribution in [-0.4, -0.2) is 16.8 Å². The molecule has 0 aromatic carbocycles. The molecule has 2 N–H and O–H groups in total. The highest BCUT2D eigenvalue weighted by molar-refractivity contribution is 7.99. The van der Waals surface area contributed by atoms with E-state index in [1.807, 2.05) is 12.1 Å². The zero-order valence-corrected chi connectivity index (χ0v) is 11.5. The van der Waals surface area contributed by atoms with Gasteiger partial charge in [0, 0.05) is 18.0 Å². The highest BCUT2D eigenvalue weighted by Gasteiger charge is 2.20. The molecule has 94 valence electrons. The molecule has 1 unspecified atom stereocenters. The quantitative estimate of drug-likeness (QED) is 0.848. The largest absolute Gasteiger partial charge is 0.327 e. The minimum Gasteiger partial charge on any atom is -0.327 e. The van der Waals surface area contributed by atoms with Crippen molar-refractivity contribution in [1.29, 1.82) is 0 Å². The van der Waals surface area contributed by atoms with E-state index < -0.39 is 0 Å². The van der Waals surface area contributed by atoms with Crippen LogP contribution in [0.1, 0.15) is 32.1 Å². The van der Waals surface area contributed by atoms with Crippen molar-refractivity contribution < 1.29 is 0 Å². The summed E-state index contributed by atoms with van der Waals surface area (Å²) in [5.74, 6) is 1.61. The maximum atomic E-state index is 6.25. The molecule has 1 saturated carbocycles. The molecule has 1 aliphatic rings. The van der Waals surface area contributed by atoms with E-state index >= 15 is 0 Å². The Morgan fingerprint density at radius 1 is 1.41 bits per heavy atom. The number of hydrogen-bond donors (Lipinski definition) is 1. The van der Waals surface area contributed by atoms with Gasteiger partial charge in [-0.05, 0) is 30.9 Å². The fraction of sp³-hybridized carbons (Fsp3) is 0.615. The fourth-order valence-corrected chi connectivity index (χ4v) is 3.60. The maximum Gasteiger partial charge on any atom is 0.115 e. The molecule has 0 saturated heterocycles. The average molecular weight is 271 g/mol. The van der Waals surface area contributed by atoms with Crippen molar-refractivity contribution in [3.05, 3.63) is 23.4 Å². The predicted molar refractivity (Wildman–Crippen MR) is 74.5 cm³/mol. The van der Waals surface area contributed by atoms with Gasteiger partial charge in [-0.15, -0.1) is 11.8 Å². The first-order chi connectivity index (χ1) is 8.27. The third-order valence-electron chi connectivity index (χ3n) is 3.39. The van der Waals surface area contributed by atoms with Gasteiger partial charge in [0.05, 0.1) is 5.02 Å². The maximum absolute atomic E-state index is 6.25. The molecule has 0 amide bonds. The molecule has 1 aromatic heterocycles. The van der Waals surface area contributed by atoms with Crippen molar-refractivity contribution in [3.8, 4) is 0 Å². The molecule has 0 bridgehead atoms. The van der Waals surface area contributed by atoms with Crippen LogP contribution in [0.3, 0.4) is 0 Å². The van der Waals surface area contributed by atoms with Crippen molar-refractivity contribution in [2.45, 2.75) is 43.2 Å². The van der Waals surface area contributed by atoms with E-state index in [4.69, 9.17) is 17.3 Å². The molecule has 0 aliphatic heterocycles. The summed E-state index contributed by atoms with van der Waals surface area (Å²) < 4.78 is 0. The predicted octanol–water partition coefficient (Wildman–Crippen LogP) is 3.73. The van der Waals surface area contributed by atoms with E-state index in [0.29, 0.717) is 5.92 Å². The normalized spacial score (nSPS) is 19.2. The zero-order chi connectivity index (χ0) is 12.1. The molecule has 0 spiro atoms. The van der Waals surface area contributed by atoms with Gasteiger partial charge < -0.3 is 5.73 Å². The topological polar surface area (TPSA) is 38.9 Å². The highest BCUT2D eigenvalue weighted by Crippen LogP contribution is 2.30. The fourth-order valence-electron chi connectivity index (χ4n) is 2.35. The van der Waals surface area contributed by atoms with E-state index in [1.165, 1.54) is 32.1 Å². The first kappa shape index (κ1) is 13.2. The molecule has 4 heteroatoms. The third-order valence-corrected chi connectivity index (χ3v) is 4.96. The van der Waals surface area contributed by atoms with Crippen LogP contribution in [0.25, 0.3) is 0 Å². The third kappa shape index (κ3) is 3.87. The molecular weight excluding hydrogens is 252 g/mol. The van der Waals surface area contributed by atoms with E-state index in [0.717, 1.165) is 15.8 Å². The van der Waals surface area contributed by atoms with Crippen molar-refractivity contribution in [3.63, 3.8) is 0 Å². The average Bonchev–Trinajstić information content (AvgIpc) is 2.38. The number of pyridine rings is 1. The van der Waals surface area contributed by atoms with Gasteiger partial charge in [-0.2, -0.15) is 0 Å². The van der Waals surface area contributed by atoms with Crippen LogP contribution in [0.4, 0.5) is 0 Å². The van der Waals surface area contributed by atoms with Crippen LogP contribution in [0.2, 0.25) is 5.02 Å². The van der Waals surface area contributed by atoms with Gasteiger partial charge in [0.15, 0.2) is 0 Å². The number of halogens is 1. The summed E-state index contributed by atoms with van der Waals surface area (Å²) in [7, 11) is 0. The van der Waals surface area contributed by atoms with Gasteiger partial charge in [0.25, 0.3) is 0 Å². The Hall–Kier alpha value is -0.250. The first-order valence-corrected chi connectivity index (χ1v) is 7.62. The van der Waals surface area contributed by atoms with Crippen molar-refractivity contribution in [1.82, 2.24) is 4.98 Å². The Morgan fingerprint density at radius 3 is 2.88 bits per heavy atom. The monoisotopic (exact) mass is 270 g/mol. The molecule has 2 nitrogen and oxygen atoms in total. The molecule has 1 fully saturated rings. The van der Waals surface area contributed by atoms with Crippen LogP contribution < -0.4 is 5.73 Å². The summed E-state index contributed by atoms with van der Waals surface area (Å²) in [5, 5.41) is 1.63. The van der Waals surface area contributed by atoms with Crippen molar-refractivity contribution in [2.24, 2.45) is 11.7 Å². The summed E-state index contributed by atoms with van der Waals surface area (Å²) in [6.45, 7) is 0. The van der Waals surface area contributed by atoms with E-state index in [1.54, 1.807) is 18.0 Å². The second-order valence-electron chi connectivity index (χ2n) is 4.66. The highest BCUT2D eigenvalue weighted by atomic mass is 35.5. The van der Waals surface area contributed by atoms with E-state index in [2.05, 4.69) is 4.98 Å². The van der Waals surface area contributed by atoms with Gasteiger partial charge >= 0.3 is 0 Å². The number of thioether (sulfide) groups is 1. The number of aromatic nitrogens is 1. The number of nitrogens with zero attached hydrogens (tertiary/aromatic N) is 1. The Morgan fingerprint density at radius 2 is 2.18 bits per heavy atom. The van der Waals surface area contributed by atoms with Gasteiger partial charge in [0.2, 0.25) is 0 Å². The number of rotatable bonds is 4. The summed E-state index contributed by atoms with van der Waals surface area (Å²) >= 11 is 7.75. The van der Waals surface area contributed by atoms with Crippen LogP contribution in [0, 0.1) is 5.92 Å². The van der Waals surface area contributed by atoms with Crippen LogP contribution >= 0.6 is 23.4 Å². The van der Waals surface area contributed by atoms with Crippen LogP contribution in [-0.2, 0) is 0 Å². The molecular formula is C13H19ClN2S. The Kier molecular flexibility index (Phi) is 5.14. The van der Waals surface area contributed by atoms with Gasteiger partial charge in [-0.1, -0.05) is 30.9 Å². The molecule has 1 heterocycles. The minimum atomic E-state index is 0.276. The second kappa shape index (κ2) is 6.62. The van der Waals surface area contributed by atoms with Gasteiger partial charge in [-0.3, -0.25) is 0 Å². The van der Waals surface area contributed by atoms with E-state index in [-0.39, 0.29) is 6.04 Å². The lowest BCUT2D eigenvalue weighted by atomic mass is 9.85.